The number of nitrogens with one attached hydrogen (secondary N) is 2. The number of aromatic amines is 1. The summed E-state index contributed by atoms with van der Waals surface area (Å²) in [5, 5.41) is 3.95. The number of rotatable bonds is 3. The number of anilines is 1. The molecule has 0 radical (unpaired) electrons. The molecule has 0 fully saturated rings. The summed E-state index contributed by atoms with van der Waals surface area (Å²) in [7, 11) is -3.27. The molecule has 1 aliphatic rings. The lowest BCUT2D eigenvalue weighted by Gasteiger charge is -2.27. The van der Waals surface area contributed by atoms with Crippen LogP contribution in [-0.2, 0) is 23.0 Å². The molecule has 2 N–H and O–H groups in total. The molecule has 0 atom stereocenters. The number of pyridine rings is 1. The quantitative estimate of drug-likeness (QED) is 0.725. The molecule has 0 saturated heterocycles. The Kier molecular flexibility index (Phi) is 4.24. The number of fused-ring (bicyclic) bond motifs is 2. The standard InChI is InChI=1S/C19H20N4O3S/c1-12-18(15-5-3-4-6-17(15)21-12)22-19(24)16-10-20-9-13-11-23(27(2,25)26)8-7-14(13)16/h3-6,9-10,21H,7-8,11H2,1-2H3,(H,22,24). The van der Waals surface area contributed by atoms with Crippen LogP contribution in [0.25, 0.3) is 10.9 Å². The number of para-hydroxylation sites is 1. The van der Waals surface area contributed by atoms with Crippen molar-refractivity contribution in [3.8, 4) is 0 Å². The monoisotopic (exact) mass is 384 g/mol. The van der Waals surface area contributed by atoms with Crippen molar-refractivity contribution in [3.05, 3.63) is 59.0 Å². The summed E-state index contributed by atoms with van der Waals surface area (Å²) in [4.78, 5) is 20.4. The number of hydrogen-bond acceptors (Lipinski definition) is 4. The number of aryl methyl sites for hydroxylation is 1. The molecule has 4 rings (SSSR count). The van der Waals surface area contributed by atoms with E-state index in [4.69, 9.17) is 0 Å². The van der Waals surface area contributed by atoms with Crippen molar-refractivity contribution in [3.63, 3.8) is 0 Å². The van der Waals surface area contributed by atoms with E-state index in [2.05, 4.69) is 15.3 Å². The van der Waals surface area contributed by atoms with E-state index in [1.807, 2.05) is 31.2 Å². The highest BCUT2D eigenvalue weighted by Crippen LogP contribution is 2.29. The van der Waals surface area contributed by atoms with Gasteiger partial charge in [0.15, 0.2) is 0 Å². The first-order valence-electron chi connectivity index (χ1n) is 8.64. The topological polar surface area (TPSA) is 95.2 Å². The molecule has 0 bridgehead atoms. The fourth-order valence-electron chi connectivity index (χ4n) is 3.56. The van der Waals surface area contributed by atoms with Crippen molar-refractivity contribution in [1.82, 2.24) is 14.3 Å². The van der Waals surface area contributed by atoms with Crippen molar-refractivity contribution >= 4 is 32.5 Å². The molecule has 1 amide bonds. The molecule has 0 spiro atoms. The maximum atomic E-state index is 13.0. The van der Waals surface area contributed by atoms with Crippen LogP contribution in [-0.4, -0.2) is 41.4 Å². The Hall–Kier alpha value is -2.71. The minimum Gasteiger partial charge on any atom is -0.357 e. The third-order valence-corrected chi connectivity index (χ3v) is 6.20. The van der Waals surface area contributed by atoms with Crippen LogP contribution in [0.3, 0.4) is 0 Å². The number of carbonyl (C=O) groups is 1. The van der Waals surface area contributed by atoms with Crippen LogP contribution in [0, 0.1) is 6.92 Å². The highest BCUT2D eigenvalue weighted by atomic mass is 32.2. The zero-order valence-electron chi connectivity index (χ0n) is 15.1. The molecule has 8 heteroatoms. The van der Waals surface area contributed by atoms with E-state index in [1.165, 1.54) is 10.6 Å². The van der Waals surface area contributed by atoms with Gasteiger partial charge in [-0.25, -0.2) is 8.42 Å². The van der Waals surface area contributed by atoms with Gasteiger partial charge in [-0.3, -0.25) is 9.78 Å². The molecule has 3 aromatic rings. The van der Waals surface area contributed by atoms with E-state index in [9.17, 15) is 13.2 Å². The molecule has 140 valence electrons. The van der Waals surface area contributed by atoms with Gasteiger partial charge in [-0.15, -0.1) is 0 Å². The number of aromatic nitrogens is 2. The maximum absolute atomic E-state index is 13.0. The molecule has 1 aliphatic heterocycles. The van der Waals surface area contributed by atoms with Crippen molar-refractivity contribution in [2.75, 3.05) is 18.1 Å². The smallest absolute Gasteiger partial charge is 0.257 e. The van der Waals surface area contributed by atoms with Crippen LogP contribution in [0.2, 0.25) is 0 Å². The lowest BCUT2D eigenvalue weighted by Crippen LogP contribution is -2.36. The highest BCUT2D eigenvalue weighted by Gasteiger charge is 2.27. The lowest BCUT2D eigenvalue weighted by atomic mass is 9.98. The van der Waals surface area contributed by atoms with Gasteiger partial charge in [-0.05, 0) is 30.5 Å². The van der Waals surface area contributed by atoms with E-state index < -0.39 is 10.0 Å². The summed E-state index contributed by atoms with van der Waals surface area (Å²) in [5.41, 5.74) is 4.72. The Balaban J connectivity index is 1.67. The fourth-order valence-corrected chi connectivity index (χ4v) is 4.36. The first-order valence-corrected chi connectivity index (χ1v) is 10.5. The molecule has 2 aromatic heterocycles. The van der Waals surface area contributed by atoms with Crippen molar-refractivity contribution in [2.45, 2.75) is 19.9 Å². The van der Waals surface area contributed by atoms with Crippen molar-refractivity contribution < 1.29 is 13.2 Å². The third kappa shape index (κ3) is 3.22. The minimum absolute atomic E-state index is 0.236. The van der Waals surface area contributed by atoms with Crippen LogP contribution < -0.4 is 5.32 Å². The summed E-state index contributed by atoms with van der Waals surface area (Å²) < 4.78 is 25.0. The predicted octanol–water partition coefficient (Wildman–Crippen LogP) is 2.44. The second kappa shape index (κ2) is 6.47. The van der Waals surface area contributed by atoms with E-state index in [-0.39, 0.29) is 12.5 Å². The van der Waals surface area contributed by atoms with Gasteiger partial charge < -0.3 is 10.3 Å². The molecule has 3 heterocycles. The number of benzene rings is 1. The van der Waals surface area contributed by atoms with Crippen LogP contribution in [0.15, 0.2) is 36.7 Å². The second-order valence-corrected chi connectivity index (χ2v) is 8.78. The molecule has 0 aliphatic carbocycles. The van der Waals surface area contributed by atoms with Crippen molar-refractivity contribution in [1.29, 1.82) is 0 Å². The Morgan fingerprint density at radius 2 is 2.04 bits per heavy atom. The van der Waals surface area contributed by atoms with E-state index in [0.29, 0.717) is 18.5 Å². The number of H-pyrrole nitrogens is 1. The van der Waals surface area contributed by atoms with Gasteiger partial charge in [-0.1, -0.05) is 18.2 Å². The lowest BCUT2D eigenvalue weighted by molar-refractivity contribution is 0.102. The molecular weight excluding hydrogens is 364 g/mol. The van der Waals surface area contributed by atoms with Crippen LogP contribution in [0.4, 0.5) is 5.69 Å². The molecule has 1 aromatic carbocycles. The predicted molar refractivity (Wildman–Crippen MR) is 104 cm³/mol. The summed E-state index contributed by atoms with van der Waals surface area (Å²) in [5.74, 6) is -0.236. The largest absolute Gasteiger partial charge is 0.357 e. The number of nitrogens with zero attached hydrogens (tertiary/aromatic N) is 2. The van der Waals surface area contributed by atoms with E-state index in [1.54, 1.807) is 12.4 Å². The van der Waals surface area contributed by atoms with Crippen LogP contribution in [0.1, 0.15) is 27.2 Å². The van der Waals surface area contributed by atoms with Gasteiger partial charge in [-0.2, -0.15) is 4.31 Å². The SMILES string of the molecule is Cc1[nH]c2ccccc2c1NC(=O)c1cncc2c1CCN(S(C)(=O)=O)C2. The molecule has 0 saturated carbocycles. The number of hydrogen-bond donors (Lipinski definition) is 2. The first-order chi connectivity index (χ1) is 12.8. The maximum Gasteiger partial charge on any atom is 0.257 e. The average molecular weight is 384 g/mol. The molecule has 27 heavy (non-hydrogen) atoms. The summed E-state index contributed by atoms with van der Waals surface area (Å²) in [6, 6.07) is 7.78. The zero-order valence-corrected chi connectivity index (χ0v) is 15.9. The van der Waals surface area contributed by atoms with Crippen LogP contribution >= 0.6 is 0 Å². The van der Waals surface area contributed by atoms with Gasteiger partial charge in [0, 0.05) is 42.1 Å². The van der Waals surface area contributed by atoms with E-state index in [0.717, 1.165) is 33.4 Å². The van der Waals surface area contributed by atoms with Crippen molar-refractivity contribution in [2.24, 2.45) is 0 Å². The zero-order chi connectivity index (χ0) is 19.2. The summed E-state index contributed by atoms with van der Waals surface area (Å²) >= 11 is 0. The van der Waals surface area contributed by atoms with Gasteiger partial charge in [0.05, 0.1) is 17.5 Å². The fraction of sp³-hybridized carbons (Fsp3) is 0.263. The molecule has 7 nitrogen and oxygen atoms in total. The van der Waals surface area contributed by atoms with Crippen LogP contribution in [0.5, 0.6) is 0 Å². The number of sulfonamides is 1. The van der Waals surface area contributed by atoms with Gasteiger partial charge >= 0.3 is 0 Å². The highest BCUT2D eigenvalue weighted by molar-refractivity contribution is 7.88. The molecular formula is C19H20N4O3S. The minimum atomic E-state index is -3.27. The number of amides is 1. The van der Waals surface area contributed by atoms with Gasteiger partial charge in [0.25, 0.3) is 5.91 Å². The molecule has 0 unspecified atom stereocenters. The van der Waals surface area contributed by atoms with Gasteiger partial charge in [0.1, 0.15) is 0 Å². The number of carbonyl (C=O) groups excluding carboxylic acids is 1. The Morgan fingerprint density at radius 1 is 1.26 bits per heavy atom. The Morgan fingerprint density at radius 3 is 2.81 bits per heavy atom. The summed E-state index contributed by atoms with van der Waals surface area (Å²) in [6.07, 6.45) is 4.87. The normalized spacial score (nSPS) is 14.9. The van der Waals surface area contributed by atoms with E-state index >= 15 is 0 Å². The Bertz CT molecular complexity index is 1150. The Labute approximate surface area is 157 Å². The van der Waals surface area contributed by atoms with Gasteiger partial charge in [0.2, 0.25) is 10.0 Å². The third-order valence-electron chi connectivity index (χ3n) is 4.95. The first kappa shape index (κ1) is 17.7. The second-order valence-electron chi connectivity index (χ2n) is 6.80. The average Bonchev–Trinajstić information content (AvgIpc) is 2.95. The summed E-state index contributed by atoms with van der Waals surface area (Å²) in [6.45, 7) is 2.52.